The quantitative estimate of drug-likeness (QED) is 0.611. The molecule has 0 unspecified atom stereocenters. The van der Waals surface area contributed by atoms with E-state index in [2.05, 4.69) is 4.98 Å². The molecule has 0 saturated carbocycles. The summed E-state index contributed by atoms with van der Waals surface area (Å²) in [6.45, 7) is 0. The van der Waals surface area contributed by atoms with Crippen LogP contribution in [0.15, 0.2) is 18.2 Å². The number of amidine groups is 1. The maximum atomic E-state index is 7.83. The monoisotopic (exact) mass is 259 g/mol. The van der Waals surface area contributed by atoms with E-state index in [1.54, 1.807) is 0 Å². The molecule has 0 saturated heterocycles. The van der Waals surface area contributed by atoms with Crippen molar-refractivity contribution in [1.82, 2.24) is 4.98 Å². The highest BCUT2D eigenvalue weighted by Gasteiger charge is 2.20. The average molecular weight is 260 g/mol. The zero-order valence-corrected chi connectivity index (χ0v) is 10.7. The van der Waals surface area contributed by atoms with Crippen molar-refractivity contribution in [2.24, 2.45) is 5.73 Å². The largest absolute Gasteiger partial charge is 0.384 e. The molecule has 1 aromatic heterocycles. The van der Waals surface area contributed by atoms with Gasteiger partial charge in [0.05, 0.1) is 10.5 Å². The molecule has 0 bridgehead atoms. The number of hydrogen-bond donors (Lipinski definition) is 2. The maximum absolute atomic E-state index is 7.83. The van der Waals surface area contributed by atoms with E-state index >= 15 is 0 Å². The molecule has 18 heavy (non-hydrogen) atoms. The molecule has 0 radical (unpaired) electrons. The molecule has 1 heterocycles. The lowest BCUT2D eigenvalue weighted by atomic mass is 9.89. The Kier molecular flexibility index (Phi) is 2.71. The van der Waals surface area contributed by atoms with E-state index < -0.39 is 0 Å². The van der Waals surface area contributed by atoms with Crippen molar-refractivity contribution in [2.75, 3.05) is 0 Å². The van der Waals surface area contributed by atoms with Gasteiger partial charge in [0.2, 0.25) is 0 Å². The first-order chi connectivity index (χ1) is 8.68. The molecule has 92 valence electrons. The highest BCUT2D eigenvalue weighted by atomic mass is 35.5. The Balaban J connectivity index is 2.44. The number of para-hydroxylation sites is 1. The summed E-state index contributed by atoms with van der Waals surface area (Å²) in [5.41, 5.74) is 9.57. The molecule has 3 nitrogen and oxygen atoms in total. The van der Waals surface area contributed by atoms with Gasteiger partial charge in [-0.15, -0.1) is 0 Å². The van der Waals surface area contributed by atoms with Crippen LogP contribution < -0.4 is 5.73 Å². The smallest absolute Gasteiger partial charge is 0.123 e. The minimum atomic E-state index is 0.114. The van der Waals surface area contributed by atoms with Crippen LogP contribution in [-0.2, 0) is 12.8 Å². The average Bonchev–Trinajstić information content (AvgIpc) is 2.36. The van der Waals surface area contributed by atoms with Crippen molar-refractivity contribution < 1.29 is 0 Å². The van der Waals surface area contributed by atoms with E-state index in [0.29, 0.717) is 5.02 Å². The maximum Gasteiger partial charge on any atom is 0.123 e. The van der Waals surface area contributed by atoms with Crippen LogP contribution in [0, 0.1) is 5.41 Å². The number of benzene rings is 1. The van der Waals surface area contributed by atoms with Crippen LogP contribution in [0.25, 0.3) is 10.9 Å². The van der Waals surface area contributed by atoms with Crippen molar-refractivity contribution >= 4 is 28.3 Å². The molecule has 1 aliphatic rings. The summed E-state index contributed by atoms with van der Waals surface area (Å²) in [4.78, 5) is 4.67. The molecule has 2 aromatic rings. The first-order valence-corrected chi connectivity index (χ1v) is 6.50. The molecule has 0 fully saturated rings. The summed E-state index contributed by atoms with van der Waals surface area (Å²) in [7, 11) is 0. The van der Waals surface area contributed by atoms with Crippen LogP contribution in [0.5, 0.6) is 0 Å². The Morgan fingerprint density at radius 3 is 2.83 bits per heavy atom. The fraction of sp³-hybridized carbons (Fsp3) is 0.286. The van der Waals surface area contributed by atoms with E-state index in [1.165, 1.54) is 0 Å². The molecular weight excluding hydrogens is 246 g/mol. The van der Waals surface area contributed by atoms with E-state index in [1.807, 2.05) is 18.2 Å². The molecule has 1 aromatic carbocycles. The van der Waals surface area contributed by atoms with Crippen molar-refractivity contribution in [1.29, 1.82) is 5.41 Å². The second-order valence-corrected chi connectivity index (χ2v) is 5.08. The minimum absolute atomic E-state index is 0.114. The first kappa shape index (κ1) is 11.5. The number of aromatic nitrogens is 1. The Hall–Kier alpha value is -1.61. The standard InChI is InChI=1S/C14H14ClN3/c15-10-6-3-5-9-12(14(16)17)8-4-1-2-7-11(8)18-13(9)10/h3,5-6H,1-2,4,7H2,(H3,16,17). The fourth-order valence-corrected chi connectivity index (χ4v) is 2.93. The fourth-order valence-electron chi connectivity index (χ4n) is 2.72. The van der Waals surface area contributed by atoms with Gasteiger partial charge in [-0.3, -0.25) is 10.4 Å². The Labute approximate surface area is 110 Å². The number of hydrogen-bond acceptors (Lipinski definition) is 2. The molecule has 3 rings (SSSR count). The number of aryl methyl sites for hydroxylation is 1. The SMILES string of the molecule is N=C(N)c1c2c(nc3c(Cl)cccc13)CCCC2. The summed E-state index contributed by atoms with van der Waals surface area (Å²) in [6.07, 6.45) is 4.20. The second kappa shape index (κ2) is 4.25. The van der Waals surface area contributed by atoms with Gasteiger partial charge < -0.3 is 5.73 Å². The van der Waals surface area contributed by atoms with Crippen LogP contribution in [0.1, 0.15) is 29.7 Å². The highest BCUT2D eigenvalue weighted by Crippen LogP contribution is 2.31. The summed E-state index contributed by atoms with van der Waals surface area (Å²) < 4.78 is 0. The summed E-state index contributed by atoms with van der Waals surface area (Å²) in [5, 5.41) is 9.36. The number of nitrogen functional groups attached to an aromatic ring is 1. The van der Waals surface area contributed by atoms with Gasteiger partial charge in [0.15, 0.2) is 0 Å². The van der Waals surface area contributed by atoms with Crippen molar-refractivity contribution in [3.05, 3.63) is 40.0 Å². The predicted octanol–water partition coefficient (Wildman–Crippen LogP) is 3.05. The van der Waals surface area contributed by atoms with Gasteiger partial charge in [0, 0.05) is 16.6 Å². The summed E-state index contributed by atoms with van der Waals surface area (Å²) in [6, 6.07) is 5.66. The second-order valence-electron chi connectivity index (χ2n) is 4.67. The van der Waals surface area contributed by atoms with Gasteiger partial charge in [-0.1, -0.05) is 23.7 Å². The number of nitrogens with one attached hydrogen (secondary N) is 1. The Bertz CT molecular complexity index is 649. The van der Waals surface area contributed by atoms with Gasteiger partial charge in [-0.2, -0.15) is 0 Å². The van der Waals surface area contributed by atoms with Gasteiger partial charge in [-0.25, -0.2) is 0 Å². The predicted molar refractivity (Wildman–Crippen MR) is 74.4 cm³/mol. The van der Waals surface area contributed by atoms with Gasteiger partial charge in [-0.05, 0) is 37.3 Å². The van der Waals surface area contributed by atoms with Crippen LogP contribution >= 0.6 is 11.6 Å². The van der Waals surface area contributed by atoms with Gasteiger partial charge in [0.25, 0.3) is 0 Å². The zero-order chi connectivity index (χ0) is 12.7. The lowest BCUT2D eigenvalue weighted by molar-refractivity contribution is 0.670. The highest BCUT2D eigenvalue weighted by molar-refractivity contribution is 6.35. The van der Waals surface area contributed by atoms with Crippen molar-refractivity contribution in [2.45, 2.75) is 25.7 Å². The molecule has 4 heteroatoms. The van der Waals surface area contributed by atoms with Crippen molar-refractivity contribution in [3.63, 3.8) is 0 Å². The third-order valence-electron chi connectivity index (χ3n) is 3.51. The topological polar surface area (TPSA) is 62.8 Å². The lowest BCUT2D eigenvalue weighted by Crippen LogP contribution is -2.19. The Morgan fingerprint density at radius 1 is 1.28 bits per heavy atom. The zero-order valence-electron chi connectivity index (χ0n) is 9.96. The minimum Gasteiger partial charge on any atom is -0.384 e. The third-order valence-corrected chi connectivity index (χ3v) is 3.82. The molecule has 0 spiro atoms. The normalized spacial score (nSPS) is 14.5. The van der Waals surface area contributed by atoms with E-state index in [9.17, 15) is 0 Å². The lowest BCUT2D eigenvalue weighted by Gasteiger charge is -2.20. The number of nitrogens with two attached hydrogens (primary N) is 1. The molecule has 0 amide bonds. The molecule has 3 N–H and O–H groups in total. The number of nitrogens with zero attached hydrogens (tertiary/aromatic N) is 1. The Morgan fingerprint density at radius 2 is 2.06 bits per heavy atom. The van der Waals surface area contributed by atoms with Crippen LogP contribution in [0.4, 0.5) is 0 Å². The van der Waals surface area contributed by atoms with Gasteiger partial charge >= 0.3 is 0 Å². The molecule has 0 atom stereocenters. The summed E-state index contributed by atoms with van der Waals surface area (Å²) >= 11 is 6.20. The van der Waals surface area contributed by atoms with Crippen LogP contribution in [0.3, 0.4) is 0 Å². The molecule has 1 aliphatic carbocycles. The third kappa shape index (κ3) is 1.66. The summed E-state index contributed by atoms with van der Waals surface area (Å²) in [5.74, 6) is 0.114. The number of pyridine rings is 1. The van der Waals surface area contributed by atoms with Crippen LogP contribution in [-0.4, -0.2) is 10.8 Å². The van der Waals surface area contributed by atoms with E-state index in [0.717, 1.165) is 53.4 Å². The number of fused-ring (bicyclic) bond motifs is 2. The molecular formula is C14H14ClN3. The molecule has 0 aliphatic heterocycles. The van der Waals surface area contributed by atoms with Crippen molar-refractivity contribution in [3.8, 4) is 0 Å². The van der Waals surface area contributed by atoms with E-state index in [-0.39, 0.29) is 5.84 Å². The first-order valence-electron chi connectivity index (χ1n) is 6.13. The number of rotatable bonds is 1. The number of halogens is 1. The van der Waals surface area contributed by atoms with Crippen LogP contribution in [0.2, 0.25) is 5.02 Å². The van der Waals surface area contributed by atoms with Gasteiger partial charge in [0.1, 0.15) is 5.84 Å². The van der Waals surface area contributed by atoms with E-state index in [4.69, 9.17) is 22.7 Å².